The van der Waals surface area contributed by atoms with Gasteiger partial charge in [-0.05, 0) is 54.4 Å². The monoisotopic (exact) mass is 264 g/mol. The van der Waals surface area contributed by atoms with E-state index in [1.54, 1.807) is 12.1 Å². The molecule has 0 spiro atoms. The van der Waals surface area contributed by atoms with Crippen molar-refractivity contribution in [3.8, 4) is 0 Å². The Bertz CT molecular complexity index is 359. The third-order valence-electron chi connectivity index (χ3n) is 4.56. The van der Waals surface area contributed by atoms with Gasteiger partial charge in [-0.3, -0.25) is 0 Å². The van der Waals surface area contributed by atoms with Gasteiger partial charge in [0.15, 0.2) is 0 Å². The van der Waals surface area contributed by atoms with Crippen LogP contribution in [0.25, 0.3) is 0 Å². The lowest BCUT2D eigenvalue weighted by molar-refractivity contribution is 0.628. The van der Waals surface area contributed by atoms with Crippen molar-refractivity contribution in [3.63, 3.8) is 0 Å². The highest BCUT2D eigenvalue weighted by Gasteiger charge is 2.33. The Morgan fingerprint density at radius 3 is 1.67 bits per heavy atom. The highest BCUT2D eigenvalue weighted by molar-refractivity contribution is 7.67. The quantitative estimate of drug-likeness (QED) is 0.687. The van der Waals surface area contributed by atoms with Crippen LogP contribution in [0.15, 0.2) is 24.3 Å². The van der Waals surface area contributed by atoms with E-state index in [-0.39, 0.29) is 13.7 Å². The molecule has 0 heterocycles. The Kier molecular flexibility index (Phi) is 3.99. The number of rotatable bonds is 3. The van der Waals surface area contributed by atoms with Crippen molar-refractivity contribution in [1.29, 1.82) is 0 Å². The van der Waals surface area contributed by atoms with Gasteiger partial charge < -0.3 is 0 Å². The van der Waals surface area contributed by atoms with Crippen LogP contribution in [0.5, 0.6) is 0 Å². The number of hydrogen-bond acceptors (Lipinski definition) is 0. The van der Waals surface area contributed by atoms with Gasteiger partial charge in [0.2, 0.25) is 0 Å². The highest BCUT2D eigenvalue weighted by Crippen LogP contribution is 2.56. The molecule has 2 heteroatoms. The van der Waals surface area contributed by atoms with Crippen molar-refractivity contribution in [1.82, 2.24) is 0 Å². The molecule has 2 fully saturated rings. The number of benzene rings is 1. The van der Waals surface area contributed by atoms with E-state index in [9.17, 15) is 4.39 Å². The molecule has 0 bridgehead atoms. The molecule has 18 heavy (non-hydrogen) atoms. The summed E-state index contributed by atoms with van der Waals surface area (Å²) in [5, 5.41) is 1.46. The summed E-state index contributed by atoms with van der Waals surface area (Å²) in [6.07, 6.45) is 11.3. The zero-order chi connectivity index (χ0) is 12.4. The summed E-state index contributed by atoms with van der Waals surface area (Å²) in [5.74, 6) is -0.0912. The lowest BCUT2D eigenvalue weighted by atomic mass is 10.3. The first-order valence-corrected chi connectivity index (χ1v) is 8.86. The van der Waals surface area contributed by atoms with E-state index in [1.165, 1.54) is 56.7 Å². The normalized spacial score (nSPS) is 22.1. The van der Waals surface area contributed by atoms with Crippen LogP contribution < -0.4 is 5.30 Å². The van der Waals surface area contributed by atoms with E-state index < -0.39 is 0 Å². The molecule has 3 rings (SSSR count). The topological polar surface area (TPSA) is 0 Å². The van der Waals surface area contributed by atoms with Gasteiger partial charge in [0, 0.05) is 0 Å². The largest absolute Gasteiger partial charge is 0.207 e. The standard InChI is InChI=1S/C16H22FP/c17-13-9-11-16(12-10-13)18(14-5-1-2-6-14)15-7-3-4-8-15/h9-12,14-15H,1-8H2. The first-order chi connectivity index (χ1) is 8.84. The molecule has 98 valence electrons. The smallest absolute Gasteiger partial charge is 0.123 e. The zero-order valence-corrected chi connectivity index (χ0v) is 11.8. The zero-order valence-electron chi connectivity index (χ0n) is 10.9. The summed E-state index contributed by atoms with van der Waals surface area (Å²) in [7, 11) is -0.0371. The molecule has 0 N–H and O–H groups in total. The highest BCUT2D eigenvalue weighted by atomic mass is 31.1. The molecule has 0 unspecified atom stereocenters. The molecule has 0 aliphatic heterocycles. The molecule has 0 nitrogen and oxygen atoms in total. The van der Waals surface area contributed by atoms with Crippen LogP contribution in [0.1, 0.15) is 51.4 Å². The predicted octanol–water partition coefficient (Wildman–Crippen LogP) is 4.82. The van der Waals surface area contributed by atoms with Gasteiger partial charge in [-0.1, -0.05) is 45.7 Å². The fourth-order valence-corrected chi connectivity index (χ4v) is 7.47. The van der Waals surface area contributed by atoms with Crippen LogP contribution in [0, 0.1) is 5.82 Å². The van der Waals surface area contributed by atoms with Gasteiger partial charge in [0.1, 0.15) is 5.82 Å². The van der Waals surface area contributed by atoms with E-state index >= 15 is 0 Å². The van der Waals surface area contributed by atoms with Gasteiger partial charge in [-0.15, -0.1) is 0 Å². The molecule has 2 aliphatic rings. The molecule has 0 amide bonds. The summed E-state index contributed by atoms with van der Waals surface area (Å²) < 4.78 is 13.1. The Labute approximate surface area is 111 Å². The summed E-state index contributed by atoms with van der Waals surface area (Å²) in [5.41, 5.74) is 1.85. The summed E-state index contributed by atoms with van der Waals surface area (Å²) in [4.78, 5) is 0. The van der Waals surface area contributed by atoms with Gasteiger partial charge in [-0.25, -0.2) is 4.39 Å². The minimum atomic E-state index is -0.0912. The average Bonchev–Trinajstić information content (AvgIpc) is 3.06. The first kappa shape index (κ1) is 12.6. The van der Waals surface area contributed by atoms with Crippen LogP contribution in [0.4, 0.5) is 4.39 Å². The summed E-state index contributed by atoms with van der Waals surface area (Å²) >= 11 is 0. The Morgan fingerprint density at radius 1 is 0.778 bits per heavy atom. The summed E-state index contributed by atoms with van der Waals surface area (Å²) in [6.45, 7) is 0. The molecule has 0 atom stereocenters. The lowest BCUT2D eigenvalue weighted by Gasteiger charge is -2.30. The second kappa shape index (κ2) is 5.70. The van der Waals surface area contributed by atoms with Gasteiger partial charge in [0.25, 0.3) is 0 Å². The van der Waals surface area contributed by atoms with E-state index in [0.717, 1.165) is 11.3 Å². The average molecular weight is 264 g/mol. The maximum Gasteiger partial charge on any atom is 0.123 e. The lowest BCUT2D eigenvalue weighted by Crippen LogP contribution is -2.19. The fraction of sp³-hybridized carbons (Fsp3) is 0.625. The Morgan fingerprint density at radius 2 is 1.22 bits per heavy atom. The first-order valence-electron chi connectivity index (χ1n) is 7.38. The Hall–Kier alpha value is -0.420. The molecule has 2 saturated carbocycles. The minimum absolute atomic E-state index is 0.0371. The molecule has 0 aromatic heterocycles. The molecule has 0 saturated heterocycles. The van der Waals surface area contributed by atoms with E-state index in [4.69, 9.17) is 0 Å². The van der Waals surface area contributed by atoms with E-state index in [1.807, 2.05) is 0 Å². The predicted molar refractivity (Wildman–Crippen MR) is 77.5 cm³/mol. The molecular weight excluding hydrogens is 242 g/mol. The number of hydrogen-bond donors (Lipinski definition) is 0. The van der Waals surface area contributed by atoms with Crippen LogP contribution in [0.3, 0.4) is 0 Å². The SMILES string of the molecule is Fc1ccc(P(C2CCCC2)C2CCCC2)cc1. The third-order valence-corrected chi connectivity index (χ3v) is 8.06. The van der Waals surface area contributed by atoms with Crippen molar-refractivity contribution in [3.05, 3.63) is 30.1 Å². The molecule has 1 aromatic rings. The fourth-order valence-electron chi connectivity index (χ4n) is 3.70. The molecule has 0 radical (unpaired) electrons. The van der Waals surface area contributed by atoms with Crippen molar-refractivity contribution >= 4 is 13.2 Å². The maximum atomic E-state index is 13.1. The second-order valence-corrected chi connectivity index (χ2v) is 8.55. The second-order valence-electron chi connectivity index (χ2n) is 5.76. The van der Waals surface area contributed by atoms with Crippen LogP contribution in [-0.4, -0.2) is 11.3 Å². The van der Waals surface area contributed by atoms with Gasteiger partial charge >= 0.3 is 0 Å². The third kappa shape index (κ3) is 2.62. The van der Waals surface area contributed by atoms with E-state index in [0.29, 0.717) is 0 Å². The summed E-state index contributed by atoms with van der Waals surface area (Å²) in [6, 6.07) is 7.46. The van der Waals surface area contributed by atoms with Gasteiger partial charge in [-0.2, -0.15) is 0 Å². The molecular formula is C16H22FP. The Balaban J connectivity index is 1.85. The van der Waals surface area contributed by atoms with Crippen molar-refractivity contribution in [2.75, 3.05) is 0 Å². The van der Waals surface area contributed by atoms with Crippen LogP contribution in [-0.2, 0) is 0 Å². The van der Waals surface area contributed by atoms with Crippen LogP contribution in [0.2, 0.25) is 0 Å². The van der Waals surface area contributed by atoms with E-state index in [2.05, 4.69) is 12.1 Å². The minimum Gasteiger partial charge on any atom is -0.207 e. The van der Waals surface area contributed by atoms with Gasteiger partial charge in [0.05, 0.1) is 0 Å². The number of halogens is 1. The van der Waals surface area contributed by atoms with Crippen molar-refractivity contribution < 1.29 is 4.39 Å². The maximum absolute atomic E-state index is 13.1. The molecule has 1 aromatic carbocycles. The van der Waals surface area contributed by atoms with Crippen molar-refractivity contribution in [2.45, 2.75) is 62.7 Å². The molecule has 2 aliphatic carbocycles. The van der Waals surface area contributed by atoms with Crippen LogP contribution >= 0.6 is 7.92 Å². The van der Waals surface area contributed by atoms with Crippen molar-refractivity contribution in [2.24, 2.45) is 0 Å².